The molecule has 1 spiro atoms. The average molecular weight is 391 g/mol. The molecule has 0 aliphatic carbocycles. The number of likely N-dealkylation sites (tertiary alicyclic amines) is 1. The van der Waals surface area contributed by atoms with Gasteiger partial charge in [-0.15, -0.1) is 10.2 Å². The number of phenolic OH excluding ortho intramolecular Hbond substituents is 1. The quantitative estimate of drug-likeness (QED) is 0.709. The highest BCUT2D eigenvalue weighted by molar-refractivity contribution is 5.73. The molecular weight excluding hydrogens is 366 g/mol. The first-order valence-corrected chi connectivity index (χ1v) is 10.1. The molecule has 2 N–H and O–H groups in total. The molecule has 150 valence electrons. The molecule has 0 saturated carbocycles. The Kier molecular flexibility index (Phi) is 4.43. The summed E-state index contributed by atoms with van der Waals surface area (Å²) in [6, 6.07) is 5.47. The highest BCUT2D eigenvalue weighted by Crippen LogP contribution is 2.40. The van der Waals surface area contributed by atoms with E-state index in [-0.39, 0.29) is 5.75 Å². The summed E-state index contributed by atoms with van der Waals surface area (Å²) in [7, 11) is 2.21. The number of aromatic nitrogens is 5. The van der Waals surface area contributed by atoms with Gasteiger partial charge < -0.3 is 14.9 Å². The number of hydrogen-bond donors (Lipinski definition) is 2. The maximum Gasteiger partial charge on any atom is 0.245 e. The fourth-order valence-corrected chi connectivity index (χ4v) is 4.62. The van der Waals surface area contributed by atoms with Crippen molar-refractivity contribution in [2.24, 2.45) is 5.41 Å². The van der Waals surface area contributed by atoms with E-state index in [1.54, 1.807) is 24.7 Å². The smallest absolute Gasteiger partial charge is 0.245 e. The van der Waals surface area contributed by atoms with Crippen LogP contribution in [0.2, 0.25) is 0 Å². The number of nitrogens with one attached hydrogen (secondary N) is 1. The number of rotatable bonds is 3. The fourth-order valence-electron chi connectivity index (χ4n) is 4.62. The second-order valence-corrected chi connectivity index (χ2v) is 8.34. The third kappa shape index (κ3) is 3.44. The van der Waals surface area contributed by atoms with Crippen molar-refractivity contribution in [2.45, 2.75) is 19.3 Å². The van der Waals surface area contributed by atoms with E-state index >= 15 is 0 Å². The number of piperidine rings is 1. The lowest BCUT2D eigenvalue weighted by atomic mass is 9.78. The Bertz CT molecular complexity index is 979. The molecule has 8 nitrogen and oxygen atoms in total. The number of aromatic hydroxyl groups is 1. The minimum absolute atomic E-state index is 0.151. The van der Waals surface area contributed by atoms with Crippen LogP contribution in [-0.4, -0.2) is 68.6 Å². The lowest BCUT2D eigenvalue weighted by Gasteiger charge is -2.39. The third-order valence-electron chi connectivity index (χ3n) is 6.39. The molecule has 8 heteroatoms. The number of nitrogens with zero attached hydrogens (tertiary/aromatic N) is 6. The van der Waals surface area contributed by atoms with Crippen molar-refractivity contribution < 1.29 is 5.11 Å². The van der Waals surface area contributed by atoms with Crippen LogP contribution in [-0.2, 0) is 0 Å². The Morgan fingerprint density at radius 3 is 2.48 bits per heavy atom. The van der Waals surface area contributed by atoms with Crippen LogP contribution in [0.15, 0.2) is 36.8 Å². The van der Waals surface area contributed by atoms with Crippen LogP contribution in [0.4, 0.5) is 5.95 Å². The van der Waals surface area contributed by atoms with Gasteiger partial charge >= 0.3 is 0 Å². The summed E-state index contributed by atoms with van der Waals surface area (Å²) in [5.41, 5.74) is 3.47. The molecule has 4 heterocycles. The van der Waals surface area contributed by atoms with Crippen LogP contribution in [0.3, 0.4) is 0 Å². The van der Waals surface area contributed by atoms with Crippen molar-refractivity contribution in [3.63, 3.8) is 0 Å². The Balaban J connectivity index is 1.30. The molecule has 2 saturated heterocycles. The number of anilines is 1. The molecule has 0 radical (unpaired) electrons. The SMILES string of the molecule is CN1CCC2(CCN(c3ncc(-c4ccc(-c5cn[nH]c5)cc4O)nn3)CC2)C1. The van der Waals surface area contributed by atoms with Crippen molar-refractivity contribution in [3.8, 4) is 28.1 Å². The van der Waals surface area contributed by atoms with Gasteiger partial charge in [0.1, 0.15) is 11.4 Å². The molecule has 0 unspecified atom stereocenters. The molecule has 2 aliphatic rings. The standard InChI is InChI=1S/C21H25N7O/c1-27-7-4-21(14-27)5-8-28(9-6-21)20-22-13-18(25-26-20)17-3-2-15(10-19(17)29)16-11-23-24-12-16/h2-3,10-13,29H,4-9,14H2,1H3,(H,23,24). The van der Waals surface area contributed by atoms with Crippen LogP contribution in [0.5, 0.6) is 5.75 Å². The minimum Gasteiger partial charge on any atom is -0.507 e. The molecule has 2 aromatic heterocycles. The molecule has 2 aliphatic heterocycles. The molecule has 1 aromatic carbocycles. The summed E-state index contributed by atoms with van der Waals surface area (Å²) in [6.45, 7) is 4.35. The van der Waals surface area contributed by atoms with Gasteiger partial charge in [0.2, 0.25) is 5.95 Å². The van der Waals surface area contributed by atoms with Crippen molar-refractivity contribution >= 4 is 5.95 Å². The second kappa shape index (κ2) is 7.11. The lowest BCUT2D eigenvalue weighted by Crippen LogP contribution is -2.42. The van der Waals surface area contributed by atoms with Gasteiger partial charge in [-0.25, -0.2) is 4.98 Å². The Hall–Kier alpha value is -3.00. The lowest BCUT2D eigenvalue weighted by molar-refractivity contribution is 0.221. The number of benzene rings is 1. The summed E-state index contributed by atoms with van der Waals surface area (Å²) >= 11 is 0. The van der Waals surface area contributed by atoms with Gasteiger partial charge in [-0.05, 0) is 56.0 Å². The molecule has 2 fully saturated rings. The Morgan fingerprint density at radius 1 is 1.03 bits per heavy atom. The predicted octanol–water partition coefficient (Wildman–Crippen LogP) is 2.56. The molecule has 5 rings (SSSR count). The zero-order chi connectivity index (χ0) is 19.8. The van der Waals surface area contributed by atoms with E-state index in [0.717, 1.165) is 24.2 Å². The number of aromatic amines is 1. The summed E-state index contributed by atoms with van der Waals surface area (Å²) < 4.78 is 0. The van der Waals surface area contributed by atoms with Gasteiger partial charge in [-0.3, -0.25) is 5.10 Å². The maximum atomic E-state index is 10.5. The summed E-state index contributed by atoms with van der Waals surface area (Å²) in [4.78, 5) is 9.20. The highest BCUT2D eigenvalue weighted by Gasteiger charge is 2.39. The van der Waals surface area contributed by atoms with Crippen LogP contribution < -0.4 is 4.90 Å². The van der Waals surface area contributed by atoms with E-state index in [0.29, 0.717) is 22.6 Å². The largest absolute Gasteiger partial charge is 0.507 e. The summed E-state index contributed by atoms with van der Waals surface area (Å²) in [5.74, 6) is 0.822. The monoisotopic (exact) mass is 391 g/mol. The minimum atomic E-state index is 0.151. The molecule has 0 atom stereocenters. The molecule has 0 amide bonds. The van der Waals surface area contributed by atoms with Gasteiger partial charge in [0.25, 0.3) is 0 Å². The summed E-state index contributed by atoms with van der Waals surface area (Å²) in [6.07, 6.45) is 8.86. The third-order valence-corrected chi connectivity index (χ3v) is 6.39. The predicted molar refractivity (Wildman–Crippen MR) is 111 cm³/mol. The van der Waals surface area contributed by atoms with Crippen LogP contribution in [0.1, 0.15) is 19.3 Å². The number of H-pyrrole nitrogens is 1. The van der Waals surface area contributed by atoms with E-state index in [1.165, 1.54) is 32.4 Å². The summed E-state index contributed by atoms with van der Waals surface area (Å²) in [5, 5.41) is 25.9. The first kappa shape index (κ1) is 18.1. The maximum absolute atomic E-state index is 10.5. The number of hydrogen-bond acceptors (Lipinski definition) is 7. The zero-order valence-electron chi connectivity index (χ0n) is 16.5. The fraction of sp³-hybridized carbons (Fsp3) is 0.429. The topological polar surface area (TPSA) is 94.1 Å². The van der Waals surface area contributed by atoms with Crippen LogP contribution in [0, 0.1) is 5.41 Å². The van der Waals surface area contributed by atoms with Crippen molar-refractivity contribution in [2.75, 3.05) is 38.1 Å². The van der Waals surface area contributed by atoms with Crippen molar-refractivity contribution in [1.82, 2.24) is 30.3 Å². The van der Waals surface area contributed by atoms with E-state index < -0.39 is 0 Å². The van der Waals surface area contributed by atoms with E-state index in [1.807, 2.05) is 12.1 Å². The van der Waals surface area contributed by atoms with Gasteiger partial charge in [0, 0.05) is 37.0 Å². The molecule has 29 heavy (non-hydrogen) atoms. The van der Waals surface area contributed by atoms with Crippen LogP contribution >= 0.6 is 0 Å². The molecular formula is C21H25N7O. The first-order chi connectivity index (χ1) is 14.1. The van der Waals surface area contributed by atoms with E-state index in [2.05, 4.69) is 42.2 Å². The van der Waals surface area contributed by atoms with Gasteiger partial charge in [-0.2, -0.15) is 5.10 Å². The highest BCUT2D eigenvalue weighted by atomic mass is 16.3. The van der Waals surface area contributed by atoms with Gasteiger partial charge in [0.05, 0.1) is 12.4 Å². The van der Waals surface area contributed by atoms with Crippen molar-refractivity contribution in [3.05, 3.63) is 36.8 Å². The van der Waals surface area contributed by atoms with E-state index in [4.69, 9.17) is 0 Å². The van der Waals surface area contributed by atoms with E-state index in [9.17, 15) is 5.11 Å². The molecule has 3 aromatic rings. The normalized spacial score (nSPS) is 19.1. The Labute approximate surface area is 169 Å². The first-order valence-electron chi connectivity index (χ1n) is 10.1. The van der Waals surface area contributed by atoms with Crippen LogP contribution in [0.25, 0.3) is 22.4 Å². The Morgan fingerprint density at radius 2 is 1.86 bits per heavy atom. The van der Waals surface area contributed by atoms with Gasteiger partial charge in [0.15, 0.2) is 0 Å². The molecule has 0 bridgehead atoms. The van der Waals surface area contributed by atoms with Crippen molar-refractivity contribution in [1.29, 1.82) is 0 Å². The van der Waals surface area contributed by atoms with Gasteiger partial charge in [-0.1, -0.05) is 6.07 Å². The average Bonchev–Trinajstić information content (AvgIpc) is 3.39. The second-order valence-electron chi connectivity index (χ2n) is 8.34. The zero-order valence-corrected chi connectivity index (χ0v) is 16.5. The number of phenols is 1.